The van der Waals surface area contributed by atoms with Crippen molar-refractivity contribution in [3.8, 4) is 0 Å². The lowest BCUT2D eigenvalue weighted by molar-refractivity contribution is 0.0697. The molecule has 0 aliphatic heterocycles. The van der Waals surface area contributed by atoms with Crippen molar-refractivity contribution >= 4 is 33.6 Å². The fraction of sp³-hybridized carbons (Fsp3) is 0.467. The van der Waals surface area contributed by atoms with Crippen molar-refractivity contribution in [2.45, 2.75) is 39.7 Å². The largest absolute Gasteiger partial charge is 0.478 e. The van der Waals surface area contributed by atoms with Crippen LogP contribution in [-0.2, 0) is 0 Å². The highest BCUT2D eigenvalue weighted by Crippen LogP contribution is 2.20. The van der Waals surface area contributed by atoms with Crippen molar-refractivity contribution in [2.24, 2.45) is 5.92 Å². The molecule has 0 aliphatic rings. The smallest absolute Gasteiger partial charge is 0.335 e. The first-order valence-corrected chi connectivity index (χ1v) is 7.72. The Hall–Kier alpha value is -1.56. The van der Waals surface area contributed by atoms with E-state index in [-0.39, 0.29) is 17.6 Å². The lowest BCUT2D eigenvalue weighted by Crippen LogP contribution is -2.37. The molecule has 0 saturated carbocycles. The Morgan fingerprint density at radius 2 is 1.95 bits per heavy atom. The van der Waals surface area contributed by atoms with Gasteiger partial charge in [-0.1, -0.05) is 36.2 Å². The maximum atomic E-state index is 11.9. The number of carbonyl (C=O) groups is 2. The summed E-state index contributed by atoms with van der Waals surface area (Å²) in [6, 6.07) is 4.29. The Kier molecular flexibility index (Phi) is 6.68. The molecular weight excluding hydrogens is 336 g/mol. The van der Waals surface area contributed by atoms with Gasteiger partial charge in [0.2, 0.25) is 0 Å². The van der Waals surface area contributed by atoms with Crippen LogP contribution in [0.15, 0.2) is 22.7 Å². The highest BCUT2D eigenvalue weighted by molar-refractivity contribution is 9.10. The highest BCUT2D eigenvalue weighted by atomic mass is 79.9. The monoisotopic (exact) mass is 356 g/mol. The number of anilines is 1. The number of urea groups is 1. The summed E-state index contributed by atoms with van der Waals surface area (Å²) < 4.78 is 0.602. The summed E-state index contributed by atoms with van der Waals surface area (Å²) in [6.45, 7) is 6.21. The van der Waals surface area contributed by atoms with Crippen LogP contribution in [0, 0.1) is 5.92 Å². The summed E-state index contributed by atoms with van der Waals surface area (Å²) in [5, 5.41) is 14.5. The molecule has 2 amide bonds. The number of hydrogen-bond donors (Lipinski definition) is 3. The van der Waals surface area contributed by atoms with Gasteiger partial charge in [0, 0.05) is 16.2 Å². The fourth-order valence-corrected chi connectivity index (χ4v) is 2.50. The number of nitrogens with one attached hydrogen (secondary N) is 2. The number of carbonyl (C=O) groups excluding carboxylic acids is 1. The molecule has 1 aromatic carbocycles. The van der Waals surface area contributed by atoms with Crippen molar-refractivity contribution in [1.29, 1.82) is 0 Å². The molecular formula is C15H21BrN2O3. The maximum absolute atomic E-state index is 11.9. The standard InChI is InChI=1S/C15H21BrN2O3/c1-4-9(2)5-10(3)17-15(21)18-13-7-11(14(19)20)6-12(16)8-13/h6-10H,4-5H2,1-3H3,(H,19,20)(H2,17,18,21). The zero-order chi connectivity index (χ0) is 16.0. The van der Waals surface area contributed by atoms with Crippen LogP contribution < -0.4 is 10.6 Å². The molecule has 0 aliphatic carbocycles. The molecule has 0 radical (unpaired) electrons. The van der Waals surface area contributed by atoms with Crippen molar-refractivity contribution in [2.75, 3.05) is 5.32 Å². The second-order valence-electron chi connectivity index (χ2n) is 5.28. The Morgan fingerprint density at radius 3 is 2.52 bits per heavy atom. The van der Waals surface area contributed by atoms with E-state index in [1.165, 1.54) is 12.1 Å². The number of amides is 2. The molecule has 0 fully saturated rings. The number of carboxylic acids is 1. The van der Waals surface area contributed by atoms with Crippen LogP contribution in [0.2, 0.25) is 0 Å². The first-order valence-electron chi connectivity index (χ1n) is 6.93. The van der Waals surface area contributed by atoms with Crippen LogP contribution in [-0.4, -0.2) is 23.1 Å². The van der Waals surface area contributed by atoms with E-state index >= 15 is 0 Å². The number of carboxylic acid groups (broad SMARTS) is 1. The maximum Gasteiger partial charge on any atom is 0.335 e. The highest BCUT2D eigenvalue weighted by Gasteiger charge is 2.12. The zero-order valence-electron chi connectivity index (χ0n) is 12.4. The molecule has 0 saturated heterocycles. The van der Waals surface area contributed by atoms with E-state index in [1.807, 2.05) is 6.92 Å². The molecule has 0 bridgehead atoms. The van der Waals surface area contributed by atoms with Crippen LogP contribution >= 0.6 is 15.9 Å². The molecule has 0 aromatic heterocycles. The molecule has 5 nitrogen and oxygen atoms in total. The molecule has 0 heterocycles. The normalized spacial score (nSPS) is 13.3. The van der Waals surface area contributed by atoms with Crippen molar-refractivity contribution in [3.05, 3.63) is 28.2 Å². The molecule has 2 atom stereocenters. The van der Waals surface area contributed by atoms with E-state index in [0.29, 0.717) is 16.1 Å². The van der Waals surface area contributed by atoms with Gasteiger partial charge in [-0.15, -0.1) is 0 Å². The lowest BCUT2D eigenvalue weighted by Gasteiger charge is -2.18. The minimum absolute atomic E-state index is 0.0612. The Labute approximate surface area is 133 Å². The molecule has 6 heteroatoms. The number of halogens is 1. The zero-order valence-corrected chi connectivity index (χ0v) is 14.0. The molecule has 116 valence electrons. The summed E-state index contributed by atoms with van der Waals surface area (Å²) >= 11 is 3.23. The third-order valence-corrected chi connectivity index (χ3v) is 3.69. The predicted molar refractivity (Wildman–Crippen MR) is 86.8 cm³/mol. The first-order chi connectivity index (χ1) is 9.81. The SMILES string of the molecule is CCC(C)CC(C)NC(=O)Nc1cc(Br)cc(C(=O)O)c1. The minimum Gasteiger partial charge on any atom is -0.478 e. The predicted octanol–water partition coefficient (Wildman–Crippen LogP) is 4.09. The van der Waals surface area contributed by atoms with E-state index in [9.17, 15) is 9.59 Å². The Morgan fingerprint density at radius 1 is 1.29 bits per heavy atom. The molecule has 2 unspecified atom stereocenters. The van der Waals surface area contributed by atoms with Crippen molar-refractivity contribution in [1.82, 2.24) is 5.32 Å². The summed E-state index contributed by atoms with van der Waals surface area (Å²) in [5.74, 6) is -0.491. The van der Waals surface area contributed by atoms with Gasteiger partial charge in [0.15, 0.2) is 0 Å². The van der Waals surface area contributed by atoms with Gasteiger partial charge in [-0.2, -0.15) is 0 Å². The van der Waals surface area contributed by atoms with Crippen LogP contribution in [0.5, 0.6) is 0 Å². The average molecular weight is 357 g/mol. The second-order valence-corrected chi connectivity index (χ2v) is 6.20. The third kappa shape index (κ3) is 6.16. The van der Waals surface area contributed by atoms with E-state index in [4.69, 9.17) is 5.11 Å². The Bertz CT molecular complexity index is 520. The number of aromatic carboxylic acids is 1. The quantitative estimate of drug-likeness (QED) is 0.717. The van der Waals surface area contributed by atoms with E-state index in [2.05, 4.69) is 40.4 Å². The number of hydrogen-bond acceptors (Lipinski definition) is 2. The van der Waals surface area contributed by atoms with Crippen molar-refractivity contribution in [3.63, 3.8) is 0 Å². The van der Waals surface area contributed by atoms with E-state index in [1.54, 1.807) is 6.07 Å². The van der Waals surface area contributed by atoms with Gasteiger partial charge in [0.25, 0.3) is 0 Å². The molecule has 1 aromatic rings. The molecule has 3 N–H and O–H groups in total. The topological polar surface area (TPSA) is 78.4 Å². The minimum atomic E-state index is -1.04. The van der Waals surface area contributed by atoms with Gasteiger partial charge in [-0.3, -0.25) is 0 Å². The van der Waals surface area contributed by atoms with E-state index < -0.39 is 5.97 Å². The van der Waals surface area contributed by atoms with Gasteiger partial charge in [0.1, 0.15) is 0 Å². The van der Waals surface area contributed by atoms with Crippen LogP contribution in [0.1, 0.15) is 44.0 Å². The van der Waals surface area contributed by atoms with Crippen LogP contribution in [0.25, 0.3) is 0 Å². The van der Waals surface area contributed by atoms with Gasteiger partial charge < -0.3 is 15.7 Å². The van der Waals surface area contributed by atoms with Gasteiger partial charge in [-0.05, 0) is 37.5 Å². The van der Waals surface area contributed by atoms with Gasteiger partial charge in [-0.25, -0.2) is 9.59 Å². The molecule has 0 spiro atoms. The average Bonchev–Trinajstić information content (AvgIpc) is 2.37. The van der Waals surface area contributed by atoms with Crippen LogP contribution in [0.3, 0.4) is 0 Å². The number of benzene rings is 1. The Balaban J connectivity index is 2.64. The summed E-state index contributed by atoms with van der Waals surface area (Å²) in [6.07, 6.45) is 1.98. The van der Waals surface area contributed by atoms with Crippen LogP contribution in [0.4, 0.5) is 10.5 Å². The molecule has 21 heavy (non-hydrogen) atoms. The van der Waals surface area contributed by atoms with Gasteiger partial charge >= 0.3 is 12.0 Å². The molecule has 1 rings (SSSR count). The van der Waals surface area contributed by atoms with Crippen molar-refractivity contribution < 1.29 is 14.7 Å². The van der Waals surface area contributed by atoms with E-state index in [0.717, 1.165) is 12.8 Å². The third-order valence-electron chi connectivity index (χ3n) is 3.23. The van der Waals surface area contributed by atoms with Gasteiger partial charge in [0.05, 0.1) is 5.56 Å². The fourth-order valence-electron chi connectivity index (χ4n) is 2.01. The summed E-state index contributed by atoms with van der Waals surface area (Å²) in [4.78, 5) is 22.9. The number of rotatable bonds is 6. The first kappa shape index (κ1) is 17.5. The summed E-state index contributed by atoms with van der Waals surface area (Å²) in [7, 11) is 0. The lowest BCUT2D eigenvalue weighted by atomic mass is 10.0. The summed E-state index contributed by atoms with van der Waals surface area (Å²) in [5.41, 5.74) is 0.558. The second kappa shape index (κ2) is 8.02.